The first kappa shape index (κ1) is 37.2. The van der Waals surface area contributed by atoms with E-state index in [0.29, 0.717) is 30.1 Å². The molecule has 0 amide bonds. The molecular weight excluding hydrogens is 587 g/mol. The van der Waals surface area contributed by atoms with Gasteiger partial charge in [-0.3, -0.25) is 0 Å². The molecule has 38 heavy (non-hydrogen) atoms. The van der Waals surface area contributed by atoms with Crippen molar-refractivity contribution < 1.29 is 23.6 Å². The van der Waals surface area contributed by atoms with Crippen LogP contribution in [-0.2, 0) is 23.6 Å². The molecule has 3 atom stereocenters. The molecule has 0 bridgehead atoms. The van der Waals surface area contributed by atoms with Crippen molar-refractivity contribution in [2.75, 3.05) is 0 Å². The molecule has 224 valence electrons. The van der Waals surface area contributed by atoms with Gasteiger partial charge in [0, 0.05) is 0 Å². The molecule has 0 N–H and O–H groups in total. The summed E-state index contributed by atoms with van der Waals surface area (Å²) < 4.78 is 18.9. The van der Waals surface area contributed by atoms with Gasteiger partial charge in [-0.2, -0.15) is 0 Å². The van der Waals surface area contributed by atoms with Crippen molar-refractivity contribution in [2.24, 2.45) is 17.8 Å². The molecule has 0 aliphatic carbocycles. The van der Waals surface area contributed by atoms with Crippen LogP contribution in [0.4, 0.5) is 0 Å². The average molecular weight is 648 g/mol. The van der Waals surface area contributed by atoms with Crippen molar-refractivity contribution in [1.82, 2.24) is 0 Å². The summed E-state index contributed by atoms with van der Waals surface area (Å²) in [5.41, 5.74) is 0. The van der Waals surface area contributed by atoms with E-state index < -0.39 is 19.6 Å². The fourth-order valence-electron chi connectivity index (χ4n) is 4.71. The van der Waals surface area contributed by atoms with E-state index in [9.17, 15) is 14.4 Å². The first-order valence-corrected chi connectivity index (χ1v) is 21.5. The first-order valence-electron chi connectivity index (χ1n) is 16.0. The Morgan fingerprint density at radius 3 is 1.00 bits per heavy atom. The summed E-state index contributed by atoms with van der Waals surface area (Å²) in [6.07, 6.45) is 15.0. The summed E-state index contributed by atoms with van der Waals surface area (Å²) in [5.74, 6) is -1.86. The van der Waals surface area contributed by atoms with Crippen molar-refractivity contribution >= 4 is 37.5 Å². The number of rotatable bonds is 24. The Kier molecular flexibility index (Phi) is 22.5. The van der Waals surface area contributed by atoms with E-state index in [-0.39, 0.29) is 35.7 Å². The second-order valence-corrected chi connectivity index (χ2v) is 17.9. The summed E-state index contributed by atoms with van der Waals surface area (Å²) in [6.45, 7) is 14.4. The minimum atomic E-state index is -4.92. The summed E-state index contributed by atoms with van der Waals surface area (Å²) in [4.78, 5) is 40.4. The zero-order valence-corrected chi connectivity index (χ0v) is 28.8. The Hall–Kier alpha value is -0.791. The quantitative estimate of drug-likeness (QED) is 0.0768. The van der Waals surface area contributed by atoms with E-state index in [1.54, 1.807) is 0 Å². The van der Waals surface area contributed by atoms with Crippen molar-refractivity contribution in [3.05, 3.63) is 0 Å². The molecule has 0 radical (unpaired) electrons. The summed E-state index contributed by atoms with van der Waals surface area (Å²) in [6, 6.07) is 0. The van der Waals surface area contributed by atoms with Crippen molar-refractivity contribution in [3.8, 4) is 0 Å². The normalized spacial score (nSPS) is 15.2. The zero-order chi connectivity index (χ0) is 28.8. The first-order chi connectivity index (χ1) is 18.3. The fourth-order valence-corrected chi connectivity index (χ4v) is 12.2. The van der Waals surface area contributed by atoms with Crippen molar-refractivity contribution in [1.29, 1.82) is 0 Å². The van der Waals surface area contributed by atoms with Crippen LogP contribution in [0.15, 0.2) is 0 Å². The third-order valence-electron chi connectivity index (χ3n) is 7.55. The molecule has 0 saturated heterocycles. The van der Waals surface area contributed by atoms with Gasteiger partial charge in [0.1, 0.15) is 0 Å². The standard InChI is InChI=1S/3C9H18O2.C4H9.Sn/c3*1-3-5-6-7-8(4-2)9(10)11;1-3-4-2;/h3*8H,3-7H2,1-2H3,(H,10,11);1,3-4H2,2H3;/q;;;;+3/p-3. The van der Waals surface area contributed by atoms with E-state index in [1.165, 1.54) is 0 Å². The molecule has 0 spiro atoms. The second kappa shape index (κ2) is 23.0. The Bertz CT molecular complexity index is 559. The molecule has 3 unspecified atom stereocenters. The van der Waals surface area contributed by atoms with Crippen LogP contribution in [0.5, 0.6) is 0 Å². The van der Waals surface area contributed by atoms with Crippen LogP contribution >= 0.6 is 0 Å². The molecule has 0 heterocycles. The van der Waals surface area contributed by atoms with Gasteiger partial charge in [-0.05, 0) is 0 Å². The van der Waals surface area contributed by atoms with Gasteiger partial charge in [-0.15, -0.1) is 0 Å². The van der Waals surface area contributed by atoms with Crippen LogP contribution < -0.4 is 0 Å². The SMILES string of the molecule is CCCCCC(CC)C(=O)[O][Sn]([CH2]CCC)([O]C(=O)C(CC)CCCCC)[O]C(=O)C(CC)CCCCC. The van der Waals surface area contributed by atoms with Gasteiger partial charge in [0.2, 0.25) is 0 Å². The topological polar surface area (TPSA) is 78.9 Å². The maximum atomic E-state index is 13.5. The van der Waals surface area contributed by atoms with E-state index in [4.69, 9.17) is 9.22 Å². The van der Waals surface area contributed by atoms with Gasteiger partial charge in [-0.25, -0.2) is 0 Å². The van der Waals surface area contributed by atoms with E-state index in [0.717, 1.165) is 83.5 Å². The Morgan fingerprint density at radius 2 is 0.763 bits per heavy atom. The molecule has 0 aromatic heterocycles. The summed E-state index contributed by atoms with van der Waals surface area (Å²) in [5, 5.41) is 0. The van der Waals surface area contributed by atoms with Crippen LogP contribution in [0.25, 0.3) is 0 Å². The third kappa shape index (κ3) is 15.1. The third-order valence-corrected chi connectivity index (χ3v) is 14.7. The predicted octanol–water partition coefficient (Wildman–Crippen LogP) is 9.17. The van der Waals surface area contributed by atoms with Gasteiger partial charge in [0.15, 0.2) is 0 Å². The monoisotopic (exact) mass is 648 g/mol. The number of unbranched alkanes of at least 4 members (excludes halogenated alkanes) is 7. The van der Waals surface area contributed by atoms with Gasteiger partial charge in [0.25, 0.3) is 0 Å². The second-order valence-electron chi connectivity index (χ2n) is 10.9. The zero-order valence-electron chi connectivity index (χ0n) is 25.9. The van der Waals surface area contributed by atoms with Crippen LogP contribution in [0.1, 0.15) is 158 Å². The van der Waals surface area contributed by atoms with Gasteiger partial charge in [0.05, 0.1) is 0 Å². The Balaban J connectivity index is 6.08. The molecule has 7 heteroatoms. The van der Waals surface area contributed by atoms with Crippen molar-refractivity contribution in [2.45, 2.75) is 162 Å². The van der Waals surface area contributed by atoms with Crippen LogP contribution in [0, 0.1) is 17.8 Å². The van der Waals surface area contributed by atoms with Crippen LogP contribution in [0.3, 0.4) is 0 Å². The molecular formula is C31H60O6Sn. The van der Waals surface area contributed by atoms with Crippen LogP contribution in [-0.4, -0.2) is 37.5 Å². The van der Waals surface area contributed by atoms with E-state index >= 15 is 0 Å². The number of hydrogen-bond donors (Lipinski definition) is 0. The predicted molar refractivity (Wildman–Crippen MR) is 158 cm³/mol. The molecule has 6 nitrogen and oxygen atoms in total. The fraction of sp³-hybridized carbons (Fsp3) is 0.903. The Labute approximate surface area is 240 Å². The number of hydrogen-bond acceptors (Lipinski definition) is 6. The molecule has 0 saturated carbocycles. The average Bonchev–Trinajstić information content (AvgIpc) is 2.90. The van der Waals surface area contributed by atoms with Crippen LogP contribution in [0.2, 0.25) is 4.44 Å². The maximum absolute atomic E-state index is 13.5. The molecule has 0 fully saturated rings. The molecule has 0 rings (SSSR count). The van der Waals surface area contributed by atoms with Gasteiger partial charge < -0.3 is 0 Å². The van der Waals surface area contributed by atoms with Gasteiger partial charge >= 0.3 is 241 Å². The van der Waals surface area contributed by atoms with Gasteiger partial charge in [-0.1, -0.05) is 0 Å². The minimum absolute atomic E-state index is 0.269. The Morgan fingerprint density at radius 1 is 0.474 bits per heavy atom. The number of carbonyl (C=O) groups is 3. The summed E-state index contributed by atoms with van der Waals surface area (Å²) >= 11 is -4.92. The number of carbonyl (C=O) groups excluding carboxylic acids is 3. The molecule has 0 aliphatic heterocycles. The summed E-state index contributed by atoms with van der Waals surface area (Å²) in [7, 11) is 0. The van der Waals surface area contributed by atoms with Crippen molar-refractivity contribution in [3.63, 3.8) is 0 Å². The van der Waals surface area contributed by atoms with E-state index in [1.807, 2.05) is 27.7 Å². The molecule has 0 aromatic carbocycles. The molecule has 0 aromatic rings. The van der Waals surface area contributed by atoms with E-state index in [2.05, 4.69) is 20.8 Å². The molecule has 0 aliphatic rings.